The molecule has 0 saturated carbocycles. The fraction of sp³-hybridized carbons (Fsp3) is 0.462. The minimum atomic E-state index is -0.403. The summed E-state index contributed by atoms with van der Waals surface area (Å²) < 4.78 is 18.8. The number of ether oxygens (including phenoxy) is 1. The van der Waals surface area contributed by atoms with Gasteiger partial charge in [-0.1, -0.05) is 29.8 Å². The van der Waals surface area contributed by atoms with E-state index in [1.54, 1.807) is 6.07 Å². The van der Waals surface area contributed by atoms with Gasteiger partial charge in [0.2, 0.25) is 0 Å². The third-order valence-corrected chi connectivity index (χ3v) is 2.71. The van der Waals surface area contributed by atoms with E-state index in [0.29, 0.717) is 22.7 Å². The van der Waals surface area contributed by atoms with E-state index in [2.05, 4.69) is 35.1 Å². The maximum absolute atomic E-state index is 13.0. The van der Waals surface area contributed by atoms with Crippen molar-refractivity contribution in [1.82, 2.24) is 5.32 Å². The van der Waals surface area contributed by atoms with E-state index in [0.717, 1.165) is 6.42 Å². The Bertz CT molecular complexity index is 390. The van der Waals surface area contributed by atoms with Crippen LogP contribution >= 0.6 is 15.9 Å². The summed E-state index contributed by atoms with van der Waals surface area (Å²) in [4.78, 5) is 11.4. The third kappa shape index (κ3) is 6.00. The first-order valence-electron chi connectivity index (χ1n) is 5.83. The van der Waals surface area contributed by atoms with Crippen molar-refractivity contribution < 1.29 is 13.9 Å². The van der Waals surface area contributed by atoms with Gasteiger partial charge < -0.3 is 10.1 Å². The topological polar surface area (TPSA) is 38.3 Å². The number of amides is 1. The zero-order valence-electron chi connectivity index (χ0n) is 10.5. The number of hydrogen-bond acceptors (Lipinski definition) is 2. The normalized spacial score (nSPS) is 10.5. The van der Waals surface area contributed by atoms with E-state index in [-0.39, 0.29) is 12.5 Å². The van der Waals surface area contributed by atoms with Gasteiger partial charge in [-0.2, -0.15) is 0 Å². The fourth-order valence-electron chi connectivity index (χ4n) is 1.31. The highest BCUT2D eigenvalue weighted by Gasteiger charge is 2.05. The van der Waals surface area contributed by atoms with Crippen LogP contribution in [0, 0.1) is 11.7 Å². The van der Waals surface area contributed by atoms with Crippen molar-refractivity contribution in [1.29, 1.82) is 0 Å². The molecule has 0 fully saturated rings. The summed E-state index contributed by atoms with van der Waals surface area (Å²) in [7, 11) is 0. The van der Waals surface area contributed by atoms with Crippen LogP contribution in [0.3, 0.4) is 0 Å². The molecule has 0 aliphatic carbocycles. The van der Waals surface area contributed by atoms with Crippen molar-refractivity contribution in [3.05, 3.63) is 28.5 Å². The van der Waals surface area contributed by atoms with Gasteiger partial charge >= 0.3 is 0 Å². The van der Waals surface area contributed by atoms with Gasteiger partial charge in [-0.25, -0.2) is 4.39 Å². The lowest BCUT2D eigenvalue weighted by molar-refractivity contribution is -0.123. The number of benzene rings is 1. The lowest BCUT2D eigenvalue weighted by Gasteiger charge is -2.09. The van der Waals surface area contributed by atoms with Crippen LogP contribution in [0.4, 0.5) is 4.39 Å². The van der Waals surface area contributed by atoms with Crippen LogP contribution in [0.1, 0.15) is 20.3 Å². The number of nitrogens with one attached hydrogen (secondary N) is 1. The quantitative estimate of drug-likeness (QED) is 0.875. The first-order chi connectivity index (χ1) is 8.47. The molecular weight excluding hydrogens is 301 g/mol. The number of carbonyl (C=O) groups excluding carboxylic acids is 1. The molecule has 18 heavy (non-hydrogen) atoms. The van der Waals surface area contributed by atoms with Gasteiger partial charge in [-0.3, -0.25) is 4.79 Å². The van der Waals surface area contributed by atoms with E-state index in [9.17, 15) is 9.18 Å². The summed E-state index contributed by atoms with van der Waals surface area (Å²) in [5, 5.41) is 2.74. The second-order valence-corrected chi connectivity index (χ2v) is 5.34. The Morgan fingerprint density at radius 2 is 2.17 bits per heavy atom. The maximum Gasteiger partial charge on any atom is 0.257 e. The van der Waals surface area contributed by atoms with E-state index in [4.69, 9.17) is 4.74 Å². The molecule has 0 aliphatic rings. The molecule has 1 N–H and O–H groups in total. The zero-order valence-corrected chi connectivity index (χ0v) is 12.1. The average Bonchev–Trinajstić information content (AvgIpc) is 2.24. The number of halogens is 2. The van der Waals surface area contributed by atoms with Crippen LogP contribution in [0.25, 0.3) is 0 Å². The van der Waals surface area contributed by atoms with E-state index in [1.807, 2.05) is 0 Å². The summed E-state index contributed by atoms with van der Waals surface area (Å²) in [6.45, 7) is 4.71. The molecular formula is C13H17BrFNO2. The van der Waals surface area contributed by atoms with Crippen molar-refractivity contribution in [3.63, 3.8) is 0 Å². The highest BCUT2D eigenvalue weighted by molar-refractivity contribution is 9.10. The van der Waals surface area contributed by atoms with Gasteiger partial charge in [-0.15, -0.1) is 0 Å². The molecule has 0 unspecified atom stereocenters. The van der Waals surface area contributed by atoms with E-state index >= 15 is 0 Å². The molecule has 0 aliphatic heterocycles. The summed E-state index contributed by atoms with van der Waals surface area (Å²) in [5.41, 5.74) is 0. The molecule has 100 valence electrons. The van der Waals surface area contributed by atoms with Crippen LogP contribution in [0.2, 0.25) is 0 Å². The van der Waals surface area contributed by atoms with Crippen LogP contribution in [-0.2, 0) is 4.79 Å². The number of carbonyl (C=O) groups is 1. The molecule has 1 rings (SSSR count). The van der Waals surface area contributed by atoms with Crippen molar-refractivity contribution in [2.75, 3.05) is 13.2 Å². The van der Waals surface area contributed by atoms with Gasteiger partial charge in [0.1, 0.15) is 11.6 Å². The highest BCUT2D eigenvalue weighted by Crippen LogP contribution is 2.20. The maximum atomic E-state index is 13.0. The van der Waals surface area contributed by atoms with Gasteiger partial charge in [0.25, 0.3) is 5.91 Å². The average molecular weight is 318 g/mol. The lowest BCUT2D eigenvalue weighted by atomic mass is 10.1. The Hall–Kier alpha value is -1.10. The second kappa shape index (κ2) is 7.36. The summed E-state index contributed by atoms with van der Waals surface area (Å²) in [6.07, 6.45) is 0.928. The molecule has 0 aromatic heterocycles. The van der Waals surface area contributed by atoms with Gasteiger partial charge in [0.05, 0.1) is 0 Å². The molecule has 5 heteroatoms. The van der Waals surface area contributed by atoms with Gasteiger partial charge in [-0.05, 0) is 24.5 Å². The van der Waals surface area contributed by atoms with E-state index < -0.39 is 5.82 Å². The van der Waals surface area contributed by atoms with Crippen LogP contribution in [-0.4, -0.2) is 19.1 Å². The molecule has 1 amide bonds. The Morgan fingerprint density at radius 3 is 2.78 bits per heavy atom. The van der Waals surface area contributed by atoms with E-state index in [1.165, 1.54) is 12.1 Å². The first kappa shape index (κ1) is 15.0. The predicted octanol–water partition coefficient (Wildman–Crippen LogP) is 3.13. The zero-order chi connectivity index (χ0) is 13.5. The molecule has 0 spiro atoms. The Labute approximate surface area is 115 Å². The minimum absolute atomic E-state index is 0.103. The molecule has 0 saturated heterocycles. The molecule has 0 atom stereocenters. The Morgan fingerprint density at radius 1 is 1.44 bits per heavy atom. The molecule has 1 aromatic carbocycles. The summed E-state index contributed by atoms with van der Waals surface area (Å²) >= 11 is 3.16. The molecule has 0 heterocycles. The van der Waals surface area contributed by atoms with Gasteiger partial charge in [0.15, 0.2) is 6.61 Å². The second-order valence-electron chi connectivity index (χ2n) is 4.43. The Kier molecular flexibility index (Phi) is 6.12. The highest BCUT2D eigenvalue weighted by atomic mass is 79.9. The first-order valence-corrected chi connectivity index (χ1v) is 6.62. The standard InChI is InChI=1S/C13H17BrFNO2/c1-9(2)3-4-16-13(17)8-18-12-6-10(14)5-11(15)7-12/h5-7,9H,3-4,8H2,1-2H3,(H,16,17). The molecule has 3 nitrogen and oxygen atoms in total. The largest absolute Gasteiger partial charge is 0.484 e. The lowest BCUT2D eigenvalue weighted by Crippen LogP contribution is -2.30. The Balaban J connectivity index is 2.33. The van der Waals surface area contributed by atoms with Crippen molar-refractivity contribution in [2.45, 2.75) is 20.3 Å². The third-order valence-electron chi connectivity index (χ3n) is 2.25. The fourth-order valence-corrected chi connectivity index (χ4v) is 1.76. The number of hydrogen-bond donors (Lipinski definition) is 1. The van der Waals surface area contributed by atoms with Crippen LogP contribution in [0.15, 0.2) is 22.7 Å². The summed E-state index contributed by atoms with van der Waals surface area (Å²) in [6, 6.07) is 4.19. The number of rotatable bonds is 6. The van der Waals surface area contributed by atoms with Crippen molar-refractivity contribution in [3.8, 4) is 5.75 Å². The van der Waals surface area contributed by atoms with Crippen molar-refractivity contribution in [2.24, 2.45) is 5.92 Å². The SMILES string of the molecule is CC(C)CCNC(=O)COc1cc(F)cc(Br)c1. The monoisotopic (exact) mass is 317 g/mol. The molecule has 1 aromatic rings. The summed E-state index contributed by atoms with van der Waals surface area (Å²) in [5.74, 6) is 0.280. The predicted molar refractivity (Wildman–Crippen MR) is 72.1 cm³/mol. The van der Waals surface area contributed by atoms with Crippen LogP contribution in [0.5, 0.6) is 5.75 Å². The minimum Gasteiger partial charge on any atom is -0.484 e. The molecule has 0 bridgehead atoms. The van der Waals surface area contributed by atoms with Crippen LogP contribution < -0.4 is 10.1 Å². The van der Waals surface area contributed by atoms with Gasteiger partial charge in [0, 0.05) is 17.1 Å². The molecule has 0 radical (unpaired) electrons. The smallest absolute Gasteiger partial charge is 0.257 e. The van der Waals surface area contributed by atoms with Crippen molar-refractivity contribution >= 4 is 21.8 Å².